The number of anilines is 1. The zero-order valence-electron chi connectivity index (χ0n) is 19.1. The number of unbranched alkanes of at least 4 members (excludes halogenated alkanes) is 4. The standard InChI is InChI=1S/C25H30BrN3O3S/c1-3-4-5-6-7-16-29-23(30)17-22(24(31)27-19-10-8-18(26)9-11-19)33-25(29)28-20-12-14-21(32-2)15-13-20/h8-15,22H,3-7,16-17H2,1-2H3,(H,27,31). The van der Waals surface area contributed by atoms with Crippen LogP contribution in [0.2, 0.25) is 0 Å². The van der Waals surface area contributed by atoms with E-state index in [1.54, 1.807) is 12.0 Å². The molecule has 0 saturated carbocycles. The molecular formula is C25H30BrN3O3S. The van der Waals surface area contributed by atoms with E-state index in [9.17, 15) is 9.59 Å². The smallest absolute Gasteiger partial charge is 0.238 e. The Bertz CT molecular complexity index is 964. The van der Waals surface area contributed by atoms with E-state index in [-0.39, 0.29) is 18.2 Å². The topological polar surface area (TPSA) is 71.0 Å². The van der Waals surface area contributed by atoms with Crippen molar-refractivity contribution in [2.75, 3.05) is 19.0 Å². The van der Waals surface area contributed by atoms with E-state index >= 15 is 0 Å². The number of aliphatic imine (C=N–C) groups is 1. The fourth-order valence-electron chi connectivity index (χ4n) is 3.46. The highest BCUT2D eigenvalue weighted by molar-refractivity contribution is 9.10. The Balaban J connectivity index is 1.75. The van der Waals surface area contributed by atoms with Gasteiger partial charge in [-0.2, -0.15) is 0 Å². The monoisotopic (exact) mass is 531 g/mol. The minimum atomic E-state index is -0.533. The predicted octanol–water partition coefficient (Wildman–Crippen LogP) is 6.39. The molecule has 2 amide bonds. The largest absolute Gasteiger partial charge is 0.497 e. The molecule has 2 aromatic carbocycles. The summed E-state index contributed by atoms with van der Waals surface area (Å²) in [6.45, 7) is 2.80. The Morgan fingerprint density at radius 2 is 1.82 bits per heavy atom. The number of rotatable bonds is 10. The number of amidine groups is 1. The van der Waals surface area contributed by atoms with Gasteiger partial charge in [0.2, 0.25) is 11.8 Å². The second-order valence-corrected chi connectivity index (χ2v) is 9.94. The molecule has 0 aliphatic carbocycles. The van der Waals surface area contributed by atoms with E-state index in [2.05, 4.69) is 28.2 Å². The van der Waals surface area contributed by atoms with Crippen LogP contribution >= 0.6 is 27.7 Å². The highest BCUT2D eigenvalue weighted by Gasteiger charge is 2.35. The molecule has 1 heterocycles. The van der Waals surface area contributed by atoms with Gasteiger partial charge >= 0.3 is 0 Å². The Morgan fingerprint density at radius 3 is 2.48 bits per heavy atom. The lowest BCUT2D eigenvalue weighted by Crippen LogP contribution is -2.45. The molecule has 1 N–H and O–H groups in total. The summed E-state index contributed by atoms with van der Waals surface area (Å²) in [6, 6.07) is 14.8. The van der Waals surface area contributed by atoms with Crippen LogP contribution < -0.4 is 10.1 Å². The van der Waals surface area contributed by atoms with Gasteiger partial charge in [-0.05, 0) is 55.0 Å². The zero-order chi connectivity index (χ0) is 23.6. The maximum Gasteiger partial charge on any atom is 0.238 e. The van der Waals surface area contributed by atoms with Crippen molar-refractivity contribution < 1.29 is 14.3 Å². The average Bonchev–Trinajstić information content (AvgIpc) is 2.82. The summed E-state index contributed by atoms with van der Waals surface area (Å²) >= 11 is 4.74. The molecule has 0 radical (unpaired) electrons. The fourth-order valence-corrected chi connectivity index (χ4v) is 4.85. The van der Waals surface area contributed by atoms with Crippen LogP contribution in [-0.4, -0.2) is 40.8 Å². The maximum absolute atomic E-state index is 13.1. The van der Waals surface area contributed by atoms with Crippen LogP contribution in [-0.2, 0) is 9.59 Å². The van der Waals surface area contributed by atoms with E-state index in [4.69, 9.17) is 9.73 Å². The number of benzene rings is 2. The summed E-state index contributed by atoms with van der Waals surface area (Å²) < 4.78 is 6.16. The van der Waals surface area contributed by atoms with E-state index in [0.717, 1.165) is 35.2 Å². The van der Waals surface area contributed by atoms with Crippen LogP contribution in [0, 0.1) is 0 Å². The van der Waals surface area contributed by atoms with Crippen molar-refractivity contribution >= 4 is 56.0 Å². The minimum absolute atomic E-state index is 0.0625. The molecule has 3 rings (SSSR count). The molecule has 0 spiro atoms. The quantitative estimate of drug-likeness (QED) is 0.360. The highest BCUT2D eigenvalue weighted by Crippen LogP contribution is 2.31. The molecule has 0 bridgehead atoms. The number of nitrogens with zero attached hydrogens (tertiary/aromatic N) is 2. The van der Waals surface area contributed by atoms with Gasteiger partial charge in [0, 0.05) is 23.1 Å². The van der Waals surface area contributed by atoms with E-state index in [1.807, 2.05) is 48.5 Å². The number of amides is 2. The Labute approximate surface area is 208 Å². The highest BCUT2D eigenvalue weighted by atomic mass is 79.9. The number of hydrogen-bond donors (Lipinski definition) is 1. The van der Waals surface area contributed by atoms with Crippen molar-refractivity contribution in [3.8, 4) is 5.75 Å². The molecule has 176 valence electrons. The first kappa shape index (κ1) is 25.3. The fraction of sp³-hybridized carbons (Fsp3) is 0.400. The molecule has 33 heavy (non-hydrogen) atoms. The van der Waals surface area contributed by atoms with Gasteiger partial charge in [0.25, 0.3) is 0 Å². The molecule has 6 nitrogen and oxygen atoms in total. The molecule has 8 heteroatoms. The van der Waals surface area contributed by atoms with Gasteiger partial charge in [0.05, 0.1) is 12.8 Å². The number of nitrogens with one attached hydrogen (secondary N) is 1. The number of ether oxygens (including phenoxy) is 1. The van der Waals surface area contributed by atoms with Crippen molar-refractivity contribution in [3.63, 3.8) is 0 Å². The van der Waals surface area contributed by atoms with Gasteiger partial charge in [0.1, 0.15) is 11.0 Å². The van der Waals surface area contributed by atoms with Crippen molar-refractivity contribution in [2.45, 2.75) is 50.7 Å². The van der Waals surface area contributed by atoms with E-state index in [0.29, 0.717) is 17.4 Å². The van der Waals surface area contributed by atoms with Crippen LogP contribution in [0.25, 0.3) is 0 Å². The zero-order valence-corrected chi connectivity index (χ0v) is 21.5. The molecule has 1 saturated heterocycles. The van der Waals surface area contributed by atoms with Crippen molar-refractivity contribution in [1.82, 2.24) is 4.90 Å². The van der Waals surface area contributed by atoms with Crippen molar-refractivity contribution in [2.24, 2.45) is 4.99 Å². The van der Waals surface area contributed by atoms with Gasteiger partial charge in [-0.25, -0.2) is 4.99 Å². The van der Waals surface area contributed by atoms with Gasteiger partial charge < -0.3 is 10.1 Å². The van der Waals surface area contributed by atoms with Crippen LogP contribution in [0.4, 0.5) is 11.4 Å². The molecule has 2 aromatic rings. The Kier molecular flexibility index (Phi) is 9.81. The van der Waals surface area contributed by atoms with Gasteiger partial charge in [0.15, 0.2) is 5.17 Å². The van der Waals surface area contributed by atoms with Crippen LogP contribution in [0.15, 0.2) is 58.0 Å². The van der Waals surface area contributed by atoms with Gasteiger partial charge in [-0.1, -0.05) is 60.3 Å². The Hall–Kier alpha value is -2.32. The van der Waals surface area contributed by atoms with Gasteiger partial charge in [-0.15, -0.1) is 0 Å². The summed E-state index contributed by atoms with van der Waals surface area (Å²) in [5.74, 6) is 0.485. The number of halogens is 1. The van der Waals surface area contributed by atoms with Crippen LogP contribution in [0.1, 0.15) is 45.4 Å². The molecule has 1 atom stereocenters. The normalized spacial score (nSPS) is 17.3. The molecule has 1 unspecified atom stereocenters. The lowest BCUT2D eigenvalue weighted by Gasteiger charge is -2.32. The third-order valence-electron chi connectivity index (χ3n) is 5.33. The van der Waals surface area contributed by atoms with Crippen LogP contribution in [0.5, 0.6) is 5.75 Å². The summed E-state index contributed by atoms with van der Waals surface area (Å²) in [6.07, 6.45) is 5.69. The first-order chi connectivity index (χ1) is 16.0. The lowest BCUT2D eigenvalue weighted by atomic mass is 10.1. The van der Waals surface area contributed by atoms with Crippen molar-refractivity contribution in [3.05, 3.63) is 53.0 Å². The first-order valence-corrected chi connectivity index (χ1v) is 12.9. The summed E-state index contributed by atoms with van der Waals surface area (Å²) in [5.41, 5.74) is 1.42. The molecular weight excluding hydrogens is 502 g/mol. The summed E-state index contributed by atoms with van der Waals surface area (Å²) in [4.78, 5) is 32.5. The molecule has 1 aliphatic heterocycles. The second kappa shape index (κ2) is 12.8. The number of methoxy groups -OCH3 is 1. The maximum atomic E-state index is 13.1. The number of thioether (sulfide) groups is 1. The van der Waals surface area contributed by atoms with Crippen molar-refractivity contribution in [1.29, 1.82) is 0 Å². The number of carbonyl (C=O) groups excluding carboxylic acids is 2. The van der Waals surface area contributed by atoms with Crippen LogP contribution in [0.3, 0.4) is 0 Å². The molecule has 0 aromatic heterocycles. The van der Waals surface area contributed by atoms with E-state index < -0.39 is 5.25 Å². The second-order valence-electron chi connectivity index (χ2n) is 7.86. The summed E-state index contributed by atoms with van der Waals surface area (Å²) in [5, 5.41) is 2.96. The molecule has 1 aliphatic rings. The number of carbonyl (C=O) groups is 2. The average molecular weight is 533 g/mol. The third kappa shape index (κ3) is 7.61. The first-order valence-electron chi connectivity index (χ1n) is 11.3. The van der Waals surface area contributed by atoms with Gasteiger partial charge in [-0.3, -0.25) is 14.5 Å². The predicted molar refractivity (Wildman–Crippen MR) is 139 cm³/mol. The summed E-state index contributed by atoms with van der Waals surface area (Å²) in [7, 11) is 1.62. The molecule has 1 fully saturated rings. The Morgan fingerprint density at radius 1 is 1.12 bits per heavy atom. The lowest BCUT2D eigenvalue weighted by molar-refractivity contribution is -0.129. The third-order valence-corrected chi connectivity index (χ3v) is 7.04. The minimum Gasteiger partial charge on any atom is -0.497 e. The SMILES string of the molecule is CCCCCCCN1C(=O)CC(C(=O)Nc2ccc(Br)cc2)SC1=Nc1ccc(OC)cc1. The van der Waals surface area contributed by atoms with E-state index in [1.165, 1.54) is 24.6 Å². The number of hydrogen-bond acceptors (Lipinski definition) is 5.